The molecule has 0 aromatic carbocycles. The number of hydrogen-bond donors (Lipinski definition) is 2. The Labute approximate surface area is 102 Å². The summed E-state index contributed by atoms with van der Waals surface area (Å²) in [6.45, 7) is 2.58. The fourth-order valence-corrected chi connectivity index (χ4v) is 2.82. The van der Waals surface area contributed by atoms with E-state index in [0.29, 0.717) is 26.1 Å². The third-order valence-corrected chi connectivity index (χ3v) is 3.87. The maximum atomic E-state index is 11.9. The normalized spacial score (nSPS) is 21.8. The molecule has 0 aromatic rings. The molecule has 0 aliphatic carbocycles. The van der Waals surface area contributed by atoms with Crippen LogP contribution >= 0.6 is 0 Å². The number of ether oxygens (including phenoxy) is 1. The zero-order valence-electron chi connectivity index (χ0n) is 10.2. The standard InChI is InChI=1S/C10H20N2O4S/c1-8(7-17(2,14)15)12-9(13)10(11)3-5-16-6-4-10/h8H,3-7,11H2,1-2H3,(H,12,13). The molecular formula is C10H20N2O4S. The summed E-state index contributed by atoms with van der Waals surface area (Å²) < 4.78 is 27.3. The maximum absolute atomic E-state index is 11.9. The summed E-state index contributed by atoms with van der Waals surface area (Å²) >= 11 is 0. The van der Waals surface area contributed by atoms with Crippen molar-refractivity contribution in [2.45, 2.75) is 31.3 Å². The van der Waals surface area contributed by atoms with Crippen LogP contribution in [0.15, 0.2) is 0 Å². The van der Waals surface area contributed by atoms with Crippen LogP contribution in [-0.4, -0.2) is 51.1 Å². The van der Waals surface area contributed by atoms with Gasteiger partial charge in [0, 0.05) is 25.5 Å². The second kappa shape index (κ2) is 5.32. The van der Waals surface area contributed by atoms with E-state index in [1.54, 1.807) is 6.92 Å². The summed E-state index contributed by atoms with van der Waals surface area (Å²) in [4.78, 5) is 11.9. The second-order valence-corrected chi connectivity index (χ2v) is 6.92. The SMILES string of the molecule is CC(CS(C)(=O)=O)NC(=O)C1(N)CCOCC1. The third kappa shape index (κ3) is 4.61. The highest BCUT2D eigenvalue weighted by Gasteiger charge is 2.36. The lowest BCUT2D eigenvalue weighted by Gasteiger charge is -2.32. The van der Waals surface area contributed by atoms with E-state index in [2.05, 4.69) is 5.32 Å². The van der Waals surface area contributed by atoms with Gasteiger partial charge in [0.05, 0.1) is 11.3 Å². The van der Waals surface area contributed by atoms with Crippen LogP contribution in [0.2, 0.25) is 0 Å². The summed E-state index contributed by atoms with van der Waals surface area (Å²) in [6, 6.07) is -0.430. The minimum absolute atomic E-state index is 0.0781. The molecule has 1 aliphatic heterocycles. The van der Waals surface area contributed by atoms with Crippen molar-refractivity contribution in [3.8, 4) is 0 Å². The Balaban J connectivity index is 2.53. The first-order chi connectivity index (χ1) is 7.73. The Kier molecular flexibility index (Phi) is 4.51. The van der Waals surface area contributed by atoms with Crippen LogP contribution < -0.4 is 11.1 Å². The molecule has 1 rings (SSSR count). The first-order valence-corrected chi connectivity index (χ1v) is 7.64. The average Bonchev–Trinajstić information content (AvgIpc) is 2.15. The van der Waals surface area contributed by atoms with Crippen LogP contribution in [0.25, 0.3) is 0 Å². The van der Waals surface area contributed by atoms with Gasteiger partial charge in [0.2, 0.25) is 5.91 Å². The van der Waals surface area contributed by atoms with E-state index in [-0.39, 0.29) is 11.7 Å². The highest BCUT2D eigenvalue weighted by Crippen LogP contribution is 2.17. The summed E-state index contributed by atoms with van der Waals surface area (Å²) in [5, 5.41) is 2.65. The number of hydrogen-bond acceptors (Lipinski definition) is 5. The molecule has 1 heterocycles. The zero-order chi connectivity index (χ0) is 13.1. The van der Waals surface area contributed by atoms with E-state index < -0.39 is 21.4 Å². The fraction of sp³-hybridized carbons (Fsp3) is 0.900. The van der Waals surface area contributed by atoms with Gasteiger partial charge < -0.3 is 15.8 Å². The molecule has 1 fully saturated rings. The van der Waals surface area contributed by atoms with Gasteiger partial charge in [-0.25, -0.2) is 8.42 Å². The molecule has 0 radical (unpaired) electrons. The van der Waals surface area contributed by atoms with Crippen molar-refractivity contribution < 1.29 is 17.9 Å². The minimum atomic E-state index is -3.10. The predicted octanol–water partition coefficient (Wildman–Crippen LogP) is -0.956. The first kappa shape index (κ1) is 14.4. The lowest BCUT2D eigenvalue weighted by Crippen LogP contribution is -2.59. The molecule has 100 valence electrons. The largest absolute Gasteiger partial charge is 0.381 e. The van der Waals surface area contributed by atoms with Gasteiger partial charge in [-0.3, -0.25) is 4.79 Å². The van der Waals surface area contributed by atoms with Gasteiger partial charge in [0.15, 0.2) is 0 Å². The first-order valence-electron chi connectivity index (χ1n) is 5.58. The topological polar surface area (TPSA) is 98.5 Å². The highest BCUT2D eigenvalue weighted by molar-refractivity contribution is 7.90. The van der Waals surface area contributed by atoms with Crippen LogP contribution in [0, 0.1) is 0 Å². The minimum Gasteiger partial charge on any atom is -0.381 e. The summed E-state index contributed by atoms with van der Waals surface area (Å²) in [7, 11) is -3.10. The number of rotatable bonds is 4. The van der Waals surface area contributed by atoms with Crippen molar-refractivity contribution in [1.82, 2.24) is 5.32 Å². The van der Waals surface area contributed by atoms with Gasteiger partial charge in [0.1, 0.15) is 9.84 Å². The van der Waals surface area contributed by atoms with E-state index in [1.807, 2.05) is 0 Å². The monoisotopic (exact) mass is 264 g/mol. The van der Waals surface area contributed by atoms with Crippen LogP contribution in [0.4, 0.5) is 0 Å². The molecule has 1 amide bonds. The molecule has 3 N–H and O–H groups in total. The molecule has 0 bridgehead atoms. The van der Waals surface area contributed by atoms with Gasteiger partial charge in [-0.2, -0.15) is 0 Å². The Bertz CT molecular complexity index is 374. The van der Waals surface area contributed by atoms with E-state index in [4.69, 9.17) is 10.5 Å². The molecule has 1 unspecified atom stereocenters. The van der Waals surface area contributed by atoms with Crippen LogP contribution in [0.1, 0.15) is 19.8 Å². The highest BCUT2D eigenvalue weighted by atomic mass is 32.2. The quantitative estimate of drug-likeness (QED) is 0.681. The third-order valence-electron chi connectivity index (χ3n) is 2.77. The Morgan fingerprint density at radius 2 is 2.00 bits per heavy atom. The van der Waals surface area contributed by atoms with Gasteiger partial charge in [0.25, 0.3) is 0 Å². The molecule has 0 spiro atoms. The van der Waals surface area contributed by atoms with Crippen molar-refractivity contribution >= 4 is 15.7 Å². The molecule has 1 atom stereocenters. The number of sulfone groups is 1. The zero-order valence-corrected chi connectivity index (χ0v) is 11.0. The molecule has 1 saturated heterocycles. The molecule has 0 saturated carbocycles. The van der Waals surface area contributed by atoms with Crippen LogP contribution in [0.5, 0.6) is 0 Å². The lowest BCUT2D eigenvalue weighted by molar-refractivity contribution is -0.130. The molecule has 6 nitrogen and oxygen atoms in total. The smallest absolute Gasteiger partial charge is 0.240 e. The van der Waals surface area contributed by atoms with Gasteiger partial charge in [-0.1, -0.05) is 0 Å². The number of nitrogens with one attached hydrogen (secondary N) is 1. The maximum Gasteiger partial charge on any atom is 0.240 e. The van der Waals surface area contributed by atoms with Gasteiger partial charge in [-0.05, 0) is 19.8 Å². The van der Waals surface area contributed by atoms with Gasteiger partial charge in [-0.15, -0.1) is 0 Å². The van der Waals surface area contributed by atoms with Crippen LogP contribution in [-0.2, 0) is 19.4 Å². The van der Waals surface area contributed by atoms with Crippen molar-refractivity contribution in [1.29, 1.82) is 0 Å². The van der Waals surface area contributed by atoms with Crippen molar-refractivity contribution in [2.24, 2.45) is 5.73 Å². The summed E-state index contributed by atoms with van der Waals surface area (Å²) in [5.74, 6) is -0.373. The van der Waals surface area contributed by atoms with Crippen molar-refractivity contribution in [2.75, 3.05) is 25.2 Å². The van der Waals surface area contributed by atoms with E-state index in [1.165, 1.54) is 0 Å². The number of carbonyl (C=O) groups is 1. The fourth-order valence-electron chi connectivity index (χ4n) is 1.83. The van der Waals surface area contributed by atoms with E-state index in [9.17, 15) is 13.2 Å². The van der Waals surface area contributed by atoms with Crippen molar-refractivity contribution in [3.63, 3.8) is 0 Å². The molecular weight excluding hydrogens is 244 g/mol. The molecule has 17 heavy (non-hydrogen) atoms. The number of carbonyl (C=O) groups excluding carboxylic acids is 1. The van der Waals surface area contributed by atoms with E-state index >= 15 is 0 Å². The molecule has 1 aliphatic rings. The van der Waals surface area contributed by atoms with Crippen molar-refractivity contribution in [3.05, 3.63) is 0 Å². The average molecular weight is 264 g/mol. The Hall–Kier alpha value is -0.660. The second-order valence-electron chi connectivity index (χ2n) is 4.74. The number of amides is 1. The van der Waals surface area contributed by atoms with Crippen LogP contribution in [0.3, 0.4) is 0 Å². The predicted molar refractivity (Wildman–Crippen MR) is 64.3 cm³/mol. The number of nitrogens with two attached hydrogens (primary N) is 1. The Morgan fingerprint density at radius 1 is 1.47 bits per heavy atom. The van der Waals surface area contributed by atoms with Gasteiger partial charge >= 0.3 is 0 Å². The summed E-state index contributed by atoms with van der Waals surface area (Å²) in [5.41, 5.74) is 5.05. The summed E-state index contributed by atoms with van der Waals surface area (Å²) in [6.07, 6.45) is 2.07. The lowest BCUT2D eigenvalue weighted by atomic mass is 9.90. The Morgan fingerprint density at radius 3 is 2.47 bits per heavy atom. The molecule has 7 heteroatoms. The molecule has 0 aromatic heterocycles. The van der Waals surface area contributed by atoms with E-state index in [0.717, 1.165) is 6.26 Å².